The maximum atomic E-state index is 13.1. The van der Waals surface area contributed by atoms with Gasteiger partial charge in [-0.15, -0.1) is 0 Å². The number of aromatic carboxylic acids is 1. The summed E-state index contributed by atoms with van der Waals surface area (Å²) in [6, 6.07) is 16.8. The fraction of sp³-hybridized carbons (Fsp3) is 0.115. The van der Waals surface area contributed by atoms with Gasteiger partial charge in [0.2, 0.25) is 0 Å². The van der Waals surface area contributed by atoms with Crippen molar-refractivity contribution in [1.29, 1.82) is 5.26 Å². The number of halogens is 2. The molecule has 0 aromatic heterocycles. The summed E-state index contributed by atoms with van der Waals surface area (Å²) >= 11 is 3.43. The predicted octanol–water partition coefficient (Wildman–Crippen LogP) is 5.81. The summed E-state index contributed by atoms with van der Waals surface area (Å²) in [5, 5.41) is 21.2. The number of hydrogen-bond donors (Lipinski definition) is 2. The third kappa shape index (κ3) is 6.91. The molecule has 0 radical (unpaired) electrons. The normalized spacial score (nSPS) is 10.9. The third-order valence-corrected chi connectivity index (χ3v) is 5.39. The van der Waals surface area contributed by atoms with Gasteiger partial charge in [-0.3, -0.25) is 4.79 Å². The van der Waals surface area contributed by atoms with E-state index in [1.165, 1.54) is 42.5 Å². The quantitative estimate of drug-likeness (QED) is 0.263. The molecule has 0 spiro atoms. The zero-order valence-corrected chi connectivity index (χ0v) is 20.1. The average Bonchev–Trinajstić information content (AvgIpc) is 2.84. The fourth-order valence-electron chi connectivity index (χ4n) is 3.02. The lowest BCUT2D eigenvalue weighted by atomic mass is 10.1. The minimum absolute atomic E-state index is 0.00520. The SMILES string of the molecule is CCOc1cc(/C=C(/C#N)C(=O)Nc2cccc(C(=O)O)c2)c(Br)cc1OCc1ccc(F)cc1. The van der Waals surface area contributed by atoms with Crippen LogP contribution >= 0.6 is 15.9 Å². The average molecular weight is 539 g/mol. The Morgan fingerprint density at radius 1 is 1.11 bits per heavy atom. The lowest BCUT2D eigenvalue weighted by Crippen LogP contribution is -2.14. The maximum Gasteiger partial charge on any atom is 0.335 e. The molecule has 0 aliphatic heterocycles. The van der Waals surface area contributed by atoms with Crippen molar-refractivity contribution in [2.24, 2.45) is 0 Å². The lowest BCUT2D eigenvalue weighted by molar-refractivity contribution is -0.112. The standard InChI is InChI=1S/C26H20BrFN2O5/c1-2-34-23-12-18(22(27)13-24(23)35-15-16-6-8-20(28)9-7-16)10-19(14-29)25(31)30-21-5-3-4-17(11-21)26(32)33/h3-13H,2,15H2,1H3,(H,30,31)(H,32,33)/b19-10-. The highest BCUT2D eigenvalue weighted by Crippen LogP contribution is 2.35. The number of ether oxygens (including phenoxy) is 2. The molecule has 0 saturated carbocycles. The molecule has 3 rings (SSSR count). The second-order valence-corrected chi connectivity index (χ2v) is 8.03. The number of carboxylic acids is 1. The molecule has 0 heterocycles. The summed E-state index contributed by atoms with van der Waals surface area (Å²) in [5.41, 5.74) is 1.31. The third-order valence-electron chi connectivity index (χ3n) is 4.70. The number of amides is 1. The maximum absolute atomic E-state index is 13.1. The van der Waals surface area contributed by atoms with Crippen molar-refractivity contribution in [2.75, 3.05) is 11.9 Å². The van der Waals surface area contributed by atoms with Crippen LogP contribution in [0, 0.1) is 17.1 Å². The molecule has 7 nitrogen and oxygen atoms in total. The van der Waals surface area contributed by atoms with Gasteiger partial charge in [-0.05, 0) is 66.6 Å². The number of nitrogens with zero attached hydrogens (tertiary/aromatic N) is 1. The van der Waals surface area contributed by atoms with Crippen molar-refractivity contribution in [2.45, 2.75) is 13.5 Å². The highest BCUT2D eigenvalue weighted by atomic mass is 79.9. The van der Waals surface area contributed by atoms with E-state index in [0.29, 0.717) is 28.1 Å². The Labute approximate surface area is 209 Å². The van der Waals surface area contributed by atoms with Crippen molar-refractivity contribution in [3.63, 3.8) is 0 Å². The molecule has 1 amide bonds. The summed E-state index contributed by atoms with van der Waals surface area (Å²) in [5.74, 6) is -1.35. The van der Waals surface area contributed by atoms with Crippen LogP contribution in [-0.4, -0.2) is 23.6 Å². The van der Waals surface area contributed by atoms with Crippen LogP contribution in [0.25, 0.3) is 6.08 Å². The van der Waals surface area contributed by atoms with E-state index in [4.69, 9.17) is 14.6 Å². The van der Waals surface area contributed by atoms with Crippen molar-refractivity contribution in [3.8, 4) is 17.6 Å². The van der Waals surface area contributed by atoms with E-state index in [2.05, 4.69) is 21.2 Å². The number of carbonyl (C=O) groups excluding carboxylic acids is 1. The van der Waals surface area contributed by atoms with Crippen molar-refractivity contribution >= 4 is 39.6 Å². The van der Waals surface area contributed by atoms with Crippen LogP contribution in [0.2, 0.25) is 0 Å². The molecule has 35 heavy (non-hydrogen) atoms. The summed E-state index contributed by atoms with van der Waals surface area (Å²) in [7, 11) is 0. The van der Waals surface area contributed by atoms with E-state index >= 15 is 0 Å². The molecule has 0 atom stereocenters. The molecular weight excluding hydrogens is 519 g/mol. The predicted molar refractivity (Wildman–Crippen MR) is 132 cm³/mol. The number of anilines is 1. The van der Waals surface area contributed by atoms with Crippen LogP contribution in [0.3, 0.4) is 0 Å². The number of benzene rings is 3. The zero-order chi connectivity index (χ0) is 25.4. The Morgan fingerprint density at radius 3 is 2.49 bits per heavy atom. The van der Waals surface area contributed by atoms with Crippen LogP contribution in [0.15, 0.2) is 70.7 Å². The highest BCUT2D eigenvalue weighted by molar-refractivity contribution is 9.10. The molecule has 0 bridgehead atoms. The van der Waals surface area contributed by atoms with E-state index in [9.17, 15) is 19.2 Å². The van der Waals surface area contributed by atoms with Gasteiger partial charge < -0.3 is 19.9 Å². The molecule has 3 aromatic rings. The molecule has 9 heteroatoms. The van der Waals surface area contributed by atoms with Crippen LogP contribution < -0.4 is 14.8 Å². The van der Waals surface area contributed by atoms with Crippen LogP contribution in [-0.2, 0) is 11.4 Å². The molecule has 0 saturated heterocycles. The zero-order valence-electron chi connectivity index (χ0n) is 18.5. The molecular formula is C26H20BrFN2O5. The van der Waals surface area contributed by atoms with E-state index in [-0.39, 0.29) is 29.2 Å². The molecule has 0 aliphatic carbocycles. The van der Waals surface area contributed by atoms with E-state index < -0.39 is 11.9 Å². The summed E-state index contributed by atoms with van der Waals surface area (Å²) in [6.07, 6.45) is 1.38. The Hall–Kier alpha value is -4.16. The highest BCUT2D eigenvalue weighted by Gasteiger charge is 2.15. The monoisotopic (exact) mass is 538 g/mol. The van der Waals surface area contributed by atoms with Gasteiger partial charge in [-0.25, -0.2) is 9.18 Å². The van der Waals surface area contributed by atoms with Crippen molar-refractivity contribution in [1.82, 2.24) is 0 Å². The van der Waals surface area contributed by atoms with Gasteiger partial charge >= 0.3 is 5.97 Å². The van der Waals surface area contributed by atoms with Gasteiger partial charge in [-0.2, -0.15) is 5.26 Å². The topological polar surface area (TPSA) is 109 Å². The molecule has 3 aromatic carbocycles. The van der Waals surface area contributed by atoms with Gasteiger partial charge in [0.05, 0.1) is 12.2 Å². The summed E-state index contributed by atoms with van der Waals surface area (Å²) in [4.78, 5) is 23.8. The molecule has 0 unspecified atom stereocenters. The van der Waals surface area contributed by atoms with Gasteiger partial charge in [-0.1, -0.05) is 34.1 Å². The Morgan fingerprint density at radius 2 is 1.83 bits per heavy atom. The second-order valence-electron chi connectivity index (χ2n) is 7.18. The number of hydrogen-bond acceptors (Lipinski definition) is 5. The van der Waals surface area contributed by atoms with E-state index in [0.717, 1.165) is 5.56 Å². The number of rotatable bonds is 9. The van der Waals surface area contributed by atoms with Crippen LogP contribution in [0.4, 0.5) is 10.1 Å². The van der Waals surface area contributed by atoms with Crippen LogP contribution in [0.5, 0.6) is 11.5 Å². The van der Waals surface area contributed by atoms with Gasteiger partial charge in [0.25, 0.3) is 5.91 Å². The van der Waals surface area contributed by atoms with E-state index in [1.54, 1.807) is 31.2 Å². The number of nitrogens with one attached hydrogen (secondary N) is 1. The smallest absolute Gasteiger partial charge is 0.335 e. The minimum atomic E-state index is -1.13. The first-order chi connectivity index (χ1) is 16.8. The number of carboxylic acid groups (broad SMARTS) is 1. The first kappa shape index (κ1) is 25.5. The first-order valence-electron chi connectivity index (χ1n) is 10.4. The lowest BCUT2D eigenvalue weighted by Gasteiger charge is -2.14. The van der Waals surface area contributed by atoms with Crippen molar-refractivity contribution in [3.05, 3.63) is 93.2 Å². The molecule has 178 valence electrons. The largest absolute Gasteiger partial charge is 0.490 e. The van der Waals surface area contributed by atoms with Crippen molar-refractivity contribution < 1.29 is 28.6 Å². The van der Waals surface area contributed by atoms with Gasteiger partial charge in [0, 0.05) is 10.2 Å². The van der Waals surface area contributed by atoms with E-state index in [1.807, 2.05) is 6.07 Å². The van der Waals surface area contributed by atoms with Gasteiger partial charge in [0.1, 0.15) is 24.1 Å². The Bertz CT molecular complexity index is 1320. The number of nitriles is 1. The summed E-state index contributed by atoms with van der Waals surface area (Å²) < 4.78 is 25.2. The number of carbonyl (C=O) groups is 2. The molecule has 0 fully saturated rings. The second kappa shape index (κ2) is 11.8. The fourth-order valence-corrected chi connectivity index (χ4v) is 3.45. The minimum Gasteiger partial charge on any atom is -0.490 e. The molecule has 2 N–H and O–H groups in total. The first-order valence-corrected chi connectivity index (χ1v) is 11.2. The van der Waals surface area contributed by atoms with Gasteiger partial charge in [0.15, 0.2) is 11.5 Å². The summed E-state index contributed by atoms with van der Waals surface area (Å²) in [6.45, 7) is 2.34. The molecule has 0 aliphatic rings. The Balaban J connectivity index is 1.84. The van der Waals surface area contributed by atoms with Crippen LogP contribution in [0.1, 0.15) is 28.4 Å². The Kier molecular flexibility index (Phi) is 8.59.